The summed E-state index contributed by atoms with van der Waals surface area (Å²) in [5.74, 6) is -5.17. The summed E-state index contributed by atoms with van der Waals surface area (Å²) >= 11 is 0. The number of aliphatic hydroxyl groups is 2. The fraction of sp³-hybridized carbons (Fsp3) is 0.516. The highest BCUT2D eigenvalue weighted by atomic mass is 19.1. The Balaban J connectivity index is 1.42. The predicted molar refractivity (Wildman–Crippen MR) is 150 cm³/mol. The normalized spacial score (nSPS) is 34.6. The van der Waals surface area contributed by atoms with Crippen LogP contribution < -0.4 is 0 Å². The smallest absolute Gasteiger partial charge is 0.207 e. The van der Waals surface area contributed by atoms with E-state index in [0.29, 0.717) is 0 Å². The van der Waals surface area contributed by atoms with Crippen LogP contribution in [0.15, 0.2) is 18.2 Å². The Morgan fingerprint density at radius 2 is 1.84 bits per heavy atom. The Labute approximate surface area is 256 Å². The molecule has 4 N–H and O–H groups in total. The molecule has 2 aromatic carbocycles. The molecule has 2 aliphatic heterocycles. The fourth-order valence-corrected chi connectivity index (χ4v) is 7.07. The molecule has 45 heavy (non-hydrogen) atoms. The molecule has 0 amide bonds. The number of ether oxygens (including phenoxy) is 4. The molecule has 2 heterocycles. The van der Waals surface area contributed by atoms with Crippen LogP contribution >= 0.6 is 0 Å². The van der Waals surface area contributed by atoms with Crippen LogP contribution in [-0.2, 0) is 30.2 Å². The number of hydrogen-bond donors (Lipinski definition) is 4. The number of hydrogen-bond acceptors (Lipinski definition) is 12. The number of morpholine rings is 1. The lowest BCUT2D eigenvalue weighted by Crippen LogP contribution is -2.67. The number of carbonyl (C=O) groups is 3. The maximum atomic E-state index is 14.8. The average molecular weight is 632 g/mol. The molecule has 2 saturated heterocycles. The van der Waals surface area contributed by atoms with Crippen LogP contribution in [0.3, 0.4) is 0 Å². The standard InChI is InChI=1S/C31H34FNO12/c1-13-26(35)18(33(41)7-8-43-21(12-33)42-3)9-20(44-13)45-19-11-31(40,14(2)34)10-16-23(19)30(39)25-24(28(16)37)27(36)15-5-4-6-17(32)22(15)29(25)38/h4-6,13,18-21,26,35,37,39-40H,7-12H2,1-3H3/t13-,18-,19-,20-,21-,26+,31-,33?/m0/s1. The number of phenolic OH excluding ortho intramolecular Hbond substituents is 2. The third-order valence-corrected chi connectivity index (χ3v) is 9.59. The molecule has 0 bridgehead atoms. The zero-order chi connectivity index (χ0) is 32.6. The Morgan fingerprint density at radius 3 is 2.53 bits per heavy atom. The number of quaternary nitrogens is 1. The number of Topliss-reactive ketones (excluding diaryl/α,β-unsaturated/α-hetero) is 1. The Morgan fingerprint density at radius 1 is 1.13 bits per heavy atom. The lowest BCUT2D eigenvalue weighted by Gasteiger charge is -2.56. The molecule has 2 aromatic rings. The summed E-state index contributed by atoms with van der Waals surface area (Å²) in [6.45, 7) is 2.68. The lowest BCUT2D eigenvalue weighted by molar-refractivity contribution is -0.926. The molecule has 0 saturated carbocycles. The van der Waals surface area contributed by atoms with Gasteiger partial charge in [-0.2, -0.15) is 0 Å². The molecule has 2 fully saturated rings. The summed E-state index contributed by atoms with van der Waals surface area (Å²) in [4.78, 5) is 39.7. The molecule has 8 atom stereocenters. The van der Waals surface area contributed by atoms with Crippen LogP contribution in [0.4, 0.5) is 4.39 Å². The zero-order valence-electron chi connectivity index (χ0n) is 24.8. The quantitative estimate of drug-likeness (QED) is 0.181. The van der Waals surface area contributed by atoms with Crippen molar-refractivity contribution in [3.05, 3.63) is 62.6 Å². The topological polar surface area (TPSA) is 192 Å². The van der Waals surface area contributed by atoms with Crippen LogP contribution in [0.2, 0.25) is 0 Å². The number of aliphatic hydroxyl groups excluding tert-OH is 1. The summed E-state index contributed by atoms with van der Waals surface area (Å²) in [6, 6.07) is 2.48. The van der Waals surface area contributed by atoms with Crippen molar-refractivity contribution in [3.8, 4) is 11.5 Å². The highest BCUT2D eigenvalue weighted by Gasteiger charge is 2.51. The van der Waals surface area contributed by atoms with E-state index in [9.17, 15) is 44.4 Å². The minimum atomic E-state index is -2.12. The van der Waals surface area contributed by atoms with Crippen LogP contribution in [0.5, 0.6) is 11.5 Å². The molecule has 242 valence electrons. The van der Waals surface area contributed by atoms with Gasteiger partial charge in [0, 0.05) is 36.6 Å². The van der Waals surface area contributed by atoms with Crippen molar-refractivity contribution >= 4 is 17.3 Å². The number of phenols is 2. The molecule has 2 aliphatic carbocycles. The van der Waals surface area contributed by atoms with Crippen LogP contribution in [-0.4, -0.2) is 106 Å². The van der Waals surface area contributed by atoms with Gasteiger partial charge in [-0.25, -0.2) is 4.39 Å². The van der Waals surface area contributed by atoms with Crippen molar-refractivity contribution in [2.24, 2.45) is 0 Å². The third kappa shape index (κ3) is 4.96. The number of aromatic hydroxyl groups is 2. The second-order valence-electron chi connectivity index (χ2n) is 12.2. The SMILES string of the molecule is CO[C@@H]1C[N+]([O-])([C@H]2C[C@H](O[C@H]3C[C@](O)(C(C)=O)Cc4c(O)c5c(c(O)c43)C(=O)c3c(F)cccc3C5=O)O[C@@H](C)[C@H]2O)CCO1. The van der Waals surface area contributed by atoms with Crippen molar-refractivity contribution in [1.82, 2.24) is 0 Å². The van der Waals surface area contributed by atoms with Gasteiger partial charge in [0.25, 0.3) is 0 Å². The van der Waals surface area contributed by atoms with Crippen LogP contribution in [0.25, 0.3) is 0 Å². The number of hydroxylamine groups is 3. The lowest BCUT2D eigenvalue weighted by atomic mass is 9.72. The summed E-state index contributed by atoms with van der Waals surface area (Å²) in [6.07, 6.45) is -6.65. The number of benzene rings is 2. The summed E-state index contributed by atoms with van der Waals surface area (Å²) < 4.78 is 36.7. The molecule has 1 unspecified atom stereocenters. The predicted octanol–water partition coefficient (Wildman–Crippen LogP) is 1.52. The van der Waals surface area contributed by atoms with Crippen molar-refractivity contribution in [1.29, 1.82) is 0 Å². The Kier molecular flexibility index (Phi) is 7.85. The van der Waals surface area contributed by atoms with Gasteiger partial charge in [-0.1, -0.05) is 12.1 Å². The molecule has 14 heteroatoms. The largest absolute Gasteiger partial charge is 0.632 e. The van der Waals surface area contributed by atoms with Crippen molar-refractivity contribution < 1.29 is 62.8 Å². The van der Waals surface area contributed by atoms with Crippen LogP contribution in [0, 0.1) is 11.0 Å². The number of rotatable bonds is 5. The molecule has 0 radical (unpaired) electrons. The maximum Gasteiger partial charge on any atom is 0.207 e. The van der Waals surface area contributed by atoms with Gasteiger partial charge in [0.2, 0.25) is 12.1 Å². The number of fused-ring (bicyclic) bond motifs is 3. The van der Waals surface area contributed by atoms with Crippen LogP contribution in [0.1, 0.15) is 75.8 Å². The van der Waals surface area contributed by atoms with Gasteiger partial charge in [0.15, 0.2) is 17.9 Å². The highest BCUT2D eigenvalue weighted by Crippen LogP contribution is 2.52. The number of carbonyl (C=O) groups excluding carboxylic acids is 3. The monoisotopic (exact) mass is 631 g/mol. The molecule has 0 spiro atoms. The van der Waals surface area contributed by atoms with E-state index in [4.69, 9.17) is 18.9 Å². The molecule has 13 nitrogen and oxygen atoms in total. The summed E-state index contributed by atoms with van der Waals surface area (Å²) in [5.41, 5.74) is -4.60. The second kappa shape index (κ2) is 11.2. The highest BCUT2D eigenvalue weighted by molar-refractivity contribution is 6.30. The summed E-state index contributed by atoms with van der Waals surface area (Å²) in [5, 5.41) is 59.3. The van der Waals surface area contributed by atoms with E-state index in [0.717, 1.165) is 13.0 Å². The van der Waals surface area contributed by atoms with Gasteiger partial charge >= 0.3 is 0 Å². The van der Waals surface area contributed by atoms with Gasteiger partial charge in [-0.05, 0) is 19.9 Å². The van der Waals surface area contributed by atoms with Gasteiger partial charge in [-0.15, -0.1) is 0 Å². The van der Waals surface area contributed by atoms with Crippen molar-refractivity contribution in [2.45, 2.75) is 75.6 Å². The Hall–Kier alpha value is -3.34. The van der Waals surface area contributed by atoms with Gasteiger partial charge < -0.3 is 49.2 Å². The van der Waals surface area contributed by atoms with Crippen molar-refractivity contribution in [3.63, 3.8) is 0 Å². The molecule has 0 aromatic heterocycles. The average Bonchev–Trinajstić information content (AvgIpc) is 2.98. The maximum absolute atomic E-state index is 14.8. The van der Waals surface area contributed by atoms with E-state index in [1.807, 2.05) is 0 Å². The van der Waals surface area contributed by atoms with E-state index < -0.39 is 111 Å². The molecular weight excluding hydrogens is 597 g/mol. The number of halogens is 1. The number of methoxy groups -OCH3 is 1. The molecule has 6 rings (SSSR count). The van der Waals surface area contributed by atoms with E-state index in [-0.39, 0.29) is 42.8 Å². The molecule has 4 aliphatic rings. The first-order valence-electron chi connectivity index (χ1n) is 14.6. The van der Waals surface area contributed by atoms with Gasteiger partial charge in [0.05, 0.1) is 41.9 Å². The first-order valence-corrected chi connectivity index (χ1v) is 14.6. The minimum absolute atomic E-state index is 0.0202. The summed E-state index contributed by atoms with van der Waals surface area (Å²) in [7, 11) is 1.40. The Bertz CT molecular complexity index is 1600. The zero-order valence-corrected chi connectivity index (χ0v) is 24.8. The minimum Gasteiger partial charge on any atom is -0.632 e. The van der Waals surface area contributed by atoms with E-state index >= 15 is 0 Å². The van der Waals surface area contributed by atoms with E-state index in [1.165, 1.54) is 19.2 Å². The first kappa shape index (κ1) is 31.6. The third-order valence-electron chi connectivity index (χ3n) is 9.59. The van der Waals surface area contributed by atoms with Gasteiger partial charge in [0.1, 0.15) is 48.2 Å². The number of nitrogens with zero attached hydrogens (tertiary/aromatic N) is 1. The fourth-order valence-electron chi connectivity index (χ4n) is 7.07. The number of ketones is 3. The van der Waals surface area contributed by atoms with E-state index in [2.05, 4.69) is 0 Å². The second-order valence-corrected chi connectivity index (χ2v) is 12.2. The van der Waals surface area contributed by atoms with E-state index in [1.54, 1.807) is 6.92 Å². The molecular formula is C31H34FNO12. The van der Waals surface area contributed by atoms with Crippen molar-refractivity contribution in [2.75, 3.05) is 26.8 Å². The van der Waals surface area contributed by atoms with Gasteiger partial charge in [-0.3, -0.25) is 14.4 Å². The first-order chi connectivity index (χ1) is 21.2.